The molecule has 2 aliphatic heterocycles. The molecule has 9 heteroatoms. The minimum Gasteiger partial charge on any atom is -0.368 e. The van der Waals surface area contributed by atoms with Crippen LogP contribution >= 0.6 is 11.6 Å². The Hall–Kier alpha value is -1.12. The average molecular weight is 360 g/mol. The SMILES string of the molecule is Cc1nc(N)nc(N2CCC(NC3CCS(=O)(=O)C3)CC2)c1Cl. The Balaban J connectivity index is 1.59. The zero-order valence-corrected chi connectivity index (χ0v) is 14.7. The van der Waals surface area contributed by atoms with Gasteiger partial charge in [0.1, 0.15) is 5.02 Å². The molecule has 0 bridgehead atoms. The molecule has 0 saturated carbocycles. The van der Waals surface area contributed by atoms with Crippen LogP contribution in [0.2, 0.25) is 5.02 Å². The first-order valence-electron chi connectivity index (χ1n) is 7.85. The topological polar surface area (TPSA) is 101 Å². The van der Waals surface area contributed by atoms with Gasteiger partial charge in [-0.1, -0.05) is 11.6 Å². The largest absolute Gasteiger partial charge is 0.368 e. The van der Waals surface area contributed by atoms with Crippen molar-refractivity contribution in [3.63, 3.8) is 0 Å². The lowest BCUT2D eigenvalue weighted by Gasteiger charge is -2.35. The summed E-state index contributed by atoms with van der Waals surface area (Å²) in [5.41, 5.74) is 6.41. The zero-order chi connectivity index (χ0) is 16.6. The molecule has 0 amide bonds. The Labute approximate surface area is 141 Å². The van der Waals surface area contributed by atoms with Gasteiger partial charge >= 0.3 is 0 Å². The molecule has 3 heterocycles. The summed E-state index contributed by atoms with van der Waals surface area (Å²) < 4.78 is 23.1. The Morgan fingerprint density at radius 3 is 2.52 bits per heavy atom. The number of halogens is 1. The molecule has 1 aromatic heterocycles. The maximum absolute atomic E-state index is 11.5. The van der Waals surface area contributed by atoms with Crippen molar-refractivity contribution in [3.05, 3.63) is 10.7 Å². The van der Waals surface area contributed by atoms with E-state index in [1.54, 1.807) is 0 Å². The molecule has 0 spiro atoms. The van der Waals surface area contributed by atoms with Crippen molar-refractivity contribution >= 4 is 33.2 Å². The predicted molar refractivity (Wildman–Crippen MR) is 91.6 cm³/mol. The van der Waals surface area contributed by atoms with Gasteiger partial charge in [-0.25, -0.2) is 13.4 Å². The summed E-state index contributed by atoms with van der Waals surface area (Å²) in [6, 6.07) is 0.431. The number of rotatable bonds is 3. The van der Waals surface area contributed by atoms with Crippen LogP contribution in [0.4, 0.5) is 11.8 Å². The molecule has 7 nitrogen and oxygen atoms in total. The van der Waals surface area contributed by atoms with Crippen LogP contribution in [-0.4, -0.2) is 55.1 Å². The third-order valence-electron chi connectivity index (χ3n) is 4.52. The number of hydrogen-bond acceptors (Lipinski definition) is 7. The smallest absolute Gasteiger partial charge is 0.222 e. The number of anilines is 2. The number of piperidine rings is 1. The van der Waals surface area contributed by atoms with Gasteiger partial charge in [0, 0.05) is 25.2 Å². The van der Waals surface area contributed by atoms with Crippen LogP contribution < -0.4 is 16.0 Å². The van der Waals surface area contributed by atoms with Crippen molar-refractivity contribution in [3.8, 4) is 0 Å². The van der Waals surface area contributed by atoms with Gasteiger partial charge < -0.3 is 16.0 Å². The van der Waals surface area contributed by atoms with Gasteiger partial charge in [0.2, 0.25) is 5.95 Å². The first-order valence-corrected chi connectivity index (χ1v) is 10.0. The van der Waals surface area contributed by atoms with E-state index in [0.29, 0.717) is 28.3 Å². The van der Waals surface area contributed by atoms with E-state index < -0.39 is 9.84 Å². The molecule has 1 atom stereocenters. The van der Waals surface area contributed by atoms with Crippen LogP contribution in [0, 0.1) is 6.92 Å². The minimum atomic E-state index is -2.84. The normalized spacial score (nSPS) is 25.0. The molecule has 128 valence electrons. The van der Waals surface area contributed by atoms with E-state index in [9.17, 15) is 8.42 Å². The molecule has 1 aromatic rings. The predicted octanol–water partition coefficient (Wildman–Crippen LogP) is 0.766. The summed E-state index contributed by atoms with van der Waals surface area (Å²) in [6.07, 6.45) is 2.57. The maximum atomic E-state index is 11.5. The number of nitrogen functional groups attached to an aromatic ring is 1. The number of nitrogens with two attached hydrogens (primary N) is 1. The van der Waals surface area contributed by atoms with Crippen LogP contribution in [0.5, 0.6) is 0 Å². The third kappa shape index (κ3) is 3.87. The lowest BCUT2D eigenvalue weighted by molar-refractivity contribution is 0.378. The minimum absolute atomic E-state index is 0.0945. The molecule has 0 aromatic carbocycles. The van der Waals surface area contributed by atoms with E-state index in [4.69, 9.17) is 17.3 Å². The number of aryl methyl sites for hydroxylation is 1. The Morgan fingerprint density at radius 2 is 1.91 bits per heavy atom. The summed E-state index contributed by atoms with van der Waals surface area (Å²) in [5.74, 6) is 1.50. The van der Waals surface area contributed by atoms with Crippen molar-refractivity contribution in [2.75, 3.05) is 35.2 Å². The highest BCUT2D eigenvalue weighted by Crippen LogP contribution is 2.29. The molecule has 3 N–H and O–H groups in total. The molecular formula is C14H22ClN5O2S. The zero-order valence-electron chi connectivity index (χ0n) is 13.1. The second-order valence-corrected chi connectivity index (χ2v) is 8.94. The quantitative estimate of drug-likeness (QED) is 0.821. The summed E-state index contributed by atoms with van der Waals surface area (Å²) in [6.45, 7) is 3.44. The highest BCUT2D eigenvalue weighted by Gasteiger charge is 2.31. The van der Waals surface area contributed by atoms with Crippen molar-refractivity contribution < 1.29 is 8.42 Å². The lowest BCUT2D eigenvalue weighted by atomic mass is 10.0. The van der Waals surface area contributed by atoms with E-state index >= 15 is 0 Å². The van der Waals surface area contributed by atoms with Gasteiger partial charge in [-0.2, -0.15) is 4.98 Å². The molecule has 3 rings (SSSR count). The highest BCUT2D eigenvalue weighted by molar-refractivity contribution is 7.91. The molecule has 2 saturated heterocycles. The monoisotopic (exact) mass is 359 g/mol. The summed E-state index contributed by atoms with van der Waals surface area (Å²) >= 11 is 6.30. The number of hydrogen-bond donors (Lipinski definition) is 2. The number of aromatic nitrogens is 2. The molecular weight excluding hydrogens is 338 g/mol. The van der Waals surface area contributed by atoms with Gasteiger partial charge in [-0.05, 0) is 26.2 Å². The second-order valence-electron chi connectivity index (χ2n) is 6.33. The third-order valence-corrected chi connectivity index (χ3v) is 6.73. The second kappa shape index (κ2) is 6.41. The maximum Gasteiger partial charge on any atom is 0.222 e. The fraction of sp³-hybridized carbons (Fsp3) is 0.714. The Bertz CT molecular complexity index is 689. The van der Waals surface area contributed by atoms with Crippen LogP contribution in [0.25, 0.3) is 0 Å². The first-order chi connectivity index (χ1) is 10.8. The van der Waals surface area contributed by atoms with Crippen LogP contribution in [0.3, 0.4) is 0 Å². The van der Waals surface area contributed by atoms with Crippen molar-refractivity contribution in [2.24, 2.45) is 0 Å². The molecule has 1 unspecified atom stereocenters. The van der Waals surface area contributed by atoms with Gasteiger partial charge in [-0.15, -0.1) is 0 Å². The van der Waals surface area contributed by atoms with Gasteiger partial charge in [-0.3, -0.25) is 0 Å². The van der Waals surface area contributed by atoms with Crippen LogP contribution in [0.15, 0.2) is 0 Å². The first kappa shape index (κ1) is 16.7. The van der Waals surface area contributed by atoms with E-state index in [1.165, 1.54) is 0 Å². The van der Waals surface area contributed by atoms with E-state index in [1.807, 2.05) is 6.92 Å². The number of nitrogens with zero attached hydrogens (tertiary/aromatic N) is 3. The van der Waals surface area contributed by atoms with Crippen LogP contribution in [0.1, 0.15) is 25.0 Å². The van der Waals surface area contributed by atoms with Crippen LogP contribution in [-0.2, 0) is 9.84 Å². The Kier molecular flexibility index (Phi) is 4.66. The van der Waals surface area contributed by atoms with Gasteiger partial charge in [0.25, 0.3) is 0 Å². The average Bonchev–Trinajstić information content (AvgIpc) is 2.83. The standard InChI is InChI=1S/C14H22ClN5O2S/c1-9-12(15)13(19-14(16)17-9)20-5-2-10(3-6-20)18-11-4-7-23(21,22)8-11/h10-11,18H,2-8H2,1H3,(H2,16,17,19). The highest BCUT2D eigenvalue weighted by atomic mass is 35.5. The number of sulfone groups is 1. The van der Waals surface area contributed by atoms with E-state index in [0.717, 1.165) is 32.4 Å². The van der Waals surface area contributed by atoms with Gasteiger partial charge in [0.05, 0.1) is 17.2 Å². The summed E-state index contributed by atoms with van der Waals surface area (Å²) in [5, 5.41) is 4.04. The van der Waals surface area contributed by atoms with Crippen molar-refractivity contribution in [1.82, 2.24) is 15.3 Å². The lowest BCUT2D eigenvalue weighted by Crippen LogP contribution is -2.47. The molecule has 2 aliphatic rings. The molecule has 23 heavy (non-hydrogen) atoms. The summed E-state index contributed by atoms with van der Waals surface area (Å²) in [4.78, 5) is 10.5. The van der Waals surface area contributed by atoms with Crippen molar-refractivity contribution in [2.45, 2.75) is 38.3 Å². The Morgan fingerprint density at radius 1 is 1.22 bits per heavy atom. The molecule has 2 fully saturated rings. The number of nitrogens with one attached hydrogen (secondary N) is 1. The van der Waals surface area contributed by atoms with Gasteiger partial charge in [0.15, 0.2) is 15.7 Å². The fourth-order valence-corrected chi connectivity index (χ4v) is 5.18. The van der Waals surface area contributed by atoms with Crippen molar-refractivity contribution in [1.29, 1.82) is 0 Å². The fourth-order valence-electron chi connectivity index (χ4n) is 3.29. The van der Waals surface area contributed by atoms with E-state index in [2.05, 4.69) is 20.2 Å². The summed E-state index contributed by atoms with van der Waals surface area (Å²) in [7, 11) is -2.84. The molecule has 0 aliphatic carbocycles. The van der Waals surface area contributed by atoms with E-state index in [-0.39, 0.29) is 17.7 Å². The molecule has 0 radical (unpaired) electrons.